The lowest BCUT2D eigenvalue weighted by molar-refractivity contribution is -0.00872. The van der Waals surface area contributed by atoms with E-state index in [1.165, 1.54) is 0 Å². The third kappa shape index (κ3) is 3.95. The van der Waals surface area contributed by atoms with Crippen LogP contribution in [0.25, 0.3) is 0 Å². The van der Waals surface area contributed by atoms with Crippen molar-refractivity contribution in [1.29, 1.82) is 0 Å². The number of nitrogens with two attached hydrogens (primary N) is 1. The summed E-state index contributed by atoms with van der Waals surface area (Å²) in [5.74, 6) is 0.590. The third-order valence-electron chi connectivity index (χ3n) is 3.31. The second-order valence-electron chi connectivity index (χ2n) is 4.67. The molecule has 1 fully saturated rings. The molecular weight excluding hydrogens is 250 g/mol. The molecule has 0 aliphatic carbocycles. The first-order valence-corrected chi connectivity index (χ1v) is 6.82. The first kappa shape index (κ1) is 13.8. The molecule has 1 atom stereocenters. The van der Waals surface area contributed by atoms with E-state index in [2.05, 4.69) is 0 Å². The molecule has 1 aromatic carbocycles. The predicted octanol–water partition coefficient (Wildman–Crippen LogP) is 2.78. The van der Waals surface area contributed by atoms with Crippen molar-refractivity contribution >= 4 is 11.6 Å². The predicted molar refractivity (Wildman–Crippen MR) is 72.7 cm³/mol. The van der Waals surface area contributed by atoms with Gasteiger partial charge in [-0.1, -0.05) is 23.7 Å². The lowest BCUT2D eigenvalue weighted by Crippen LogP contribution is -2.24. The van der Waals surface area contributed by atoms with Crippen LogP contribution in [0.2, 0.25) is 5.02 Å². The van der Waals surface area contributed by atoms with Gasteiger partial charge in [0.1, 0.15) is 0 Å². The Hall–Kier alpha value is -0.610. The van der Waals surface area contributed by atoms with E-state index in [9.17, 15) is 0 Å². The van der Waals surface area contributed by atoms with Crippen LogP contribution in [0.1, 0.15) is 24.5 Å². The van der Waals surface area contributed by atoms with Crippen molar-refractivity contribution in [3.8, 4) is 0 Å². The Morgan fingerprint density at radius 2 is 2.17 bits per heavy atom. The molecule has 18 heavy (non-hydrogen) atoms. The van der Waals surface area contributed by atoms with Gasteiger partial charge in [-0.3, -0.25) is 0 Å². The van der Waals surface area contributed by atoms with Crippen LogP contribution >= 0.6 is 11.6 Å². The summed E-state index contributed by atoms with van der Waals surface area (Å²) in [7, 11) is 0. The van der Waals surface area contributed by atoms with E-state index in [-0.39, 0.29) is 6.10 Å². The highest BCUT2D eigenvalue weighted by molar-refractivity contribution is 6.30. The molecule has 1 aliphatic rings. The Labute approximate surface area is 113 Å². The molecule has 0 amide bonds. The maximum Gasteiger partial charge on any atom is 0.0947 e. The minimum Gasteiger partial charge on any atom is -0.381 e. The van der Waals surface area contributed by atoms with Gasteiger partial charge in [0.2, 0.25) is 0 Å². The van der Waals surface area contributed by atoms with Gasteiger partial charge in [0.15, 0.2) is 0 Å². The van der Waals surface area contributed by atoms with Gasteiger partial charge >= 0.3 is 0 Å². The van der Waals surface area contributed by atoms with E-state index in [1.807, 2.05) is 24.3 Å². The van der Waals surface area contributed by atoms with Crippen molar-refractivity contribution < 1.29 is 9.47 Å². The molecule has 3 nitrogen and oxygen atoms in total. The molecule has 2 N–H and O–H groups in total. The minimum absolute atomic E-state index is 0.0634. The average molecular weight is 270 g/mol. The summed E-state index contributed by atoms with van der Waals surface area (Å²) in [6.07, 6.45) is 2.09. The quantitative estimate of drug-likeness (QED) is 0.894. The Kier molecular flexibility index (Phi) is 5.45. The molecule has 0 saturated carbocycles. The van der Waals surface area contributed by atoms with Crippen molar-refractivity contribution in [2.75, 3.05) is 26.4 Å². The molecule has 100 valence electrons. The summed E-state index contributed by atoms with van der Waals surface area (Å²) in [5.41, 5.74) is 6.83. The van der Waals surface area contributed by atoms with E-state index in [1.54, 1.807) is 0 Å². The van der Waals surface area contributed by atoms with Crippen LogP contribution in [0.3, 0.4) is 0 Å². The monoisotopic (exact) mass is 269 g/mol. The molecule has 0 aromatic heterocycles. The molecule has 0 spiro atoms. The van der Waals surface area contributed by atoms with Crippen LogP contribution in [-0.2, 0) is 9.47 Å². The second kappa shape index (κ2) is 7.10. The Balaban J connectivity index is 1.88. The van der Waals surface area contributed by atoms with Gasteiger partial charge in [0, 0.05) is 24.8 Å². The topological polar surface area (TPSA) is 44.5 Å². The van der Waals surface area contributed by atoms with Crippen LogP contribution in [0.15, 0.2) is 24.3 Å². The normalized spacial score (nSPS) is 18.8. The minimum atomic E-state index is -0.0634. The van der Waals surface area contributed by atoms with Crippen LogP contribution in [-0.4, -0.2) is 26.4 Å². The van der Waals surface area contributed by atoms with Crippen molar-refractivity contribution in [2.45, 2.75) is 18.9 Å². The summed E-state index contributed by atoms with van der Waals surface area (Å²) in [5, 5.41) is 0.723. The lowest BCUT2D eigenvalue weighted by atomic mass is 10.0. The van der Waals surface area contributed by atoms with Gasteiger partial charge in [-0.05, 0) is 36.5 Å². The molecule has 1 heterocycles. The number of halogens is 1. The zero-order chi connectivity index (χ0) is 12.8. The molecule has 2 rings (SSSR count). The van der Waals surface area contributed by atoms with Crippen LogP contribution in [0, 0.1) is 5.92 Å². The smallest absolute Gasteiger partial charge is 0.0947 e. The summed E-state index contributed by atoms with van der Waals surface area (Å²) < 4.78 is 11.3. The van der Waals surface area contributed by atoms with Crippen LogP contribution < -0.4 is 5.73 Å². The van der Waals surface area contributed by atoms with Gasteiger partial charge in [0.25, 0.3) is 0 Å². The number of ether oxygens (including phenoxy) is 2. The summed E-state index contributed by atoms with van der Waals surface area (Å²) >= 11 is 5.98. The average Bonchev–Trinajstić information content (AvgIpc) is 2.41. The first-order chi connectivity index (χ1) is 8.79. The fraction of sp³-hybridized carbons (Fsp3) is 0.571. The summed E-state index contributed by atoms with van der Waals surface area (Å²) in [4.78, 5) is 0. The van der Waals surface area contributed by atoms with Crippen molar-refractivity contribution in [3.05, 3.63) is 34.9 Å². The van der Waals surface area contributed by atoms with E-state index in [0.29, 0.717) is 12.5 Å². The number of hydrogen-bond acceptors (Lipinski definition) is 3. The molecule has 0 bridgehead atoms. The van der Waals surface area contributed by atoms with Crippen molar-refractivity contribution in [2.24, 2.45) is 11.7 Å². The van der Waals surface area contributed by atoms with E-state index in [0.717, 1.165) is 43.2 Å². The molecule has 1 aliphatic heterocycles. The summed E-state index contributed by atoms with van der Waals surface area (Å²) in [6.45, 7) is 2.91. The standard InChI is InChI=1S/C14H20ClNO2/c15-13-3-1-2-12(8-13)14(9-16)18-10-11-4-6-17-7-5-11/h1-3,8,11,14H,4-7,9-10,16H2. The van der Waals surface area contributed by atoms with E-state index >= 15 is 0 Å². The SMILES string of the molecule is NCC(OCC1CCOCC1)c1cccc(Cl)c1. The van der Waals surface area contributed by atoms with E-state index < -0.39 is 0 Å². The highest BCUT2D eigenvalue weighted by Gasteiger charge is 2.17. The fourth-order valence-electron chi connectivity index (χ4n) is 2.17. The number of hydrogen-bond donors (Lipinski definition) is 1. The first-order valence-electron chi connectivity index (χ1n) is 6.44. The van der Waals surface area contributed by atoms with Gasteiger partial charge in [-0.2, -0.15) is 0 Å². The molecule has 1 aromatic rings. The fourth-order valence-corrected chi connectivity index (χ4v) is 2.37. The Morgan fingerprint density at radius 1 is 1.39 bits per heavy atom. The van der Waals surface area contributed by atoms with Crippen molar-refractivity contribution in [3.63, 3.8) is 0 Å². The molecule has 4 heteroatoms. The second-order valence-corrected chi connectivity index (χ2v) is 5.10. The largest absolute Gasteiger partial charge is 0.381 e. The van der Waals surface area contributed by atoms with Gasteiger partial charge in [0.05, 0.1) is 12.7 Å². The number of benzene rings is 1. The van der Waals surface area contributed by atoms with E-state index in [4.69, 9.17) is 26.8 Å². The molecule has 0 radical (unpaired) electrons. The Bertz CT molecular complexity index is 367. The molecular formula is C14H20ClNO2. The zero-order valence-electron chi connectivity index (χ0n) is 10.5. The van der Waals surface area contributed by atoms with Gasteiger partial charge in [-0.15, -0.1) is 0 Å². The van der Waals surface area contributed by atoms with Gasteiger partial charge in [-0.25, -0.2) is 0 Å². The highest BCUT2D eigenvalue weighted by Crippen LogP contribution is 2.23. The van der Waals surface area contributed by atoms with Crippen molar-refractivity contribution in [1.82, 2.24) is 0 Å². The summed E-state index contributed by atoms with van der Waals surface area (Å²) in [6, 6.07) is 7.71. The molecule has 1 saturated heterocycles. The lowest BCUT2D eigenvalue weighted by Gasteiger charge is -2.24. The third-order valence-corrected chi connectivity index (χ3v) is 3.54. The molecule has 1 unspecified atom stereocenters. The van der Waals surface area contributed by atoms with Gasteiger partial charge < -0.3 is 15.2 Å². The zero-order valence-corrected chi connectivity index (χ0v) is 11.2. The number of rotatable bonds is 5. The maximum absolute atomic E-state index is 5.98. The maximum atomic E-state index is 5.98. The van der Waals surface area contributed by atoms with Crippen LogP contribution in [0.4, 0.5) is 0 Å². The van der Waals surface area contributed by atoms with Crippen LogP contribution in [0.5, 0.6) is 0 Å². The Morgan fingerprint density at radius 3 is 2.83 bits per heavy atom. The highest BCUT2D eigenvalue weighted by atomic mass is 35.5.